The summed E-state index contributed by atoms with van der Waals surface area (Å²) in [5.41, 5.74) is 11.4. The smallest absolute Gasteiger partial charge is 0.0998 e. The van der Waals surface area contributed by atoms with Gasteiger partial charge in [0, 0.05) is 58.7 Å². The van der Waals surface area contributed by atoms with Crippen LogP contribution in [0, 0.1) is 11.3 Å². The van der Waals surface area contributed by atoms with Gasteiger partial charge in [-0.05, 0) is 77.4 Å². The highest BCUT2D eigenvalue weighted by Crippen LogP contribution is 2.44. The molecule has 0 spiro atoms. The number of para-hydroxylation sites is 3. The van der Waals surface area contributed by atoms with Crippen molar-refractivity contribution in [3.63, 3.8) is 0 Å². The fraction of sp³-hybridized carbons (Fsp3) is 0. The molecule has 3 heterocycles. The van der Waals surface area contributed by atoms with E-state index in [9.17, 15) is 5.26 Å². The molecule has 0 aliphatic rings. The molecule has 0 saturated carbocycles. The molecule has 11 rings (SSSR count). The molecule has 246 valence electrons. The number of fused-ring (bicyclic) bond motifs is 10. The lowest BCUT2D eigenvalue weighted by Crippen LogP contribution is -2.00. The number of hydrogen-bond donors (Lipinski definition) is 0. The molecule has 0 bridgehead atoms. The Labute approximate surface area is 309 Å². The third-order valence-corrected chi connectivity index (χ3v) is 11.9. The Morgan fingerprint density at radius 1 is 0.415 bits per heavy atom. The van der Waals surface area contributed by atoms with Crippen molar-refractivity contribution in [1.29, 1.82) is 5.26 Å². The second-order valence-electron chi connectivity index (χ2n) is 13.6. The maximum atomic E-state index is 10.5. The summed E-state index contributed by atoms with van der Waals surface area (Å²) in [4.78, 5) is 0. The molecule has 0 amide bonds. The Balaban J connectivity index is 1.27. The molecule has 3 aromatic heterocycles. The van der Waals surface area contributed by atoms with Crippen LogP contribution in [-0.2, 0) is 0 Å². The number of aromatic nitrogens is 2. The lowest BCUT2D eigenvalue weighted by molar-refractivity contribution is 1.13. The number of hydrogen-bond acceptors (Lipinski definition) is 2. The molecule has 8 aromatic carbocycles. The second kappa shape index (κ2) is 11.5. The van der Waals surface area contributed by atoms with Crippen LogP contribution < -0.4 is 0 Å². The van der Waals surface area contributed by atoms with E-state index in [-0.39, 0.29) is 0 Å². The van der Waals surface area contributed by atoms with Gasteiger partial charge in [-0.25, -0.2) is 0 Å². The average Bonchev–Trinajstić information content (AvgIpc) is 3.88. The molecular weight excluding hydrogens is 663 g/mol. The standard InChI is InChI=1S/C49H29N3S/c50-30-33-23-22-32(31-12-2-1-3-13-31)28-42(33)34-26-35(51-43-18-8-4-14-37(43)38-15-5-9-19-44(38)51)29-36(27-34)52-45-20-10-6-17-41(45)48-46(52)25-24-40-39-16-7-11-21-47(39)53-49(40)48/h1-29H. The van der Waals surface area contributed by atoms with E-state index in [4.69, 9.17) is 0 Å². The van der Waals surface area contributed by atoms with E-state index in [1.54, 1.807) is 0 Å². The van der Waals surface area contributed by atoms with Crippen LogP contribution in [0.5, 0.6) is 0 Å². The van der Waals surface area contributed by atoms with Crippen molar-refractivity contribution in [2.75, 3.05) is 0 Å². The van der Waals surface area contributed by atoms with Crippen LogP contribution in [0.1, 0.15) is 5.56 Å². The molecule has 3 nitrogen and oxygen atoms in total. The first-order chi connectivity index (χ1) is 26.2. The molecule has 0 radical (unpaired) electrons. The third kappa shape index (κ3) is 4.45. The van der Waals surface area contributed by atoms with Gasteiger partial charge in [0.25, 0.3) is 0 Å². The van der Waals surface area contributed by atoms with Crippen molar-refractivity contribution in [2.45, 2.75) is 0 Å². The number of nitrogens with zero attached hydrogens (tertiary/aromatic N) is 3. The summed E-state index contributed by atoms with van der Waals surface area (Å²) in [6.45, 7) is 0. The summed E-state index contributed by atoms with van der Waals surface area (Å²) < 4.78 is 7.40. The van der Waals surface area contributed by atoms with Crippen LogP contribution in [0.3, 0.4) is 0 Å². The molecule has 0 N–H and O–H groups in total. The van der Waals surface area contributed by atoms with Gasteiger partial charge in [-0.15, -0.1) is 11.3 Å². The zero-order valence-electron chi connectivity index (χ0n) is 28.5. The quantitative estimate of drug-likeness (QED) is 0.181. The van der Waals surface area contributed by atoms with E-state index in [0.29, 0.717) is 5.56 Å². The first-order valence-corrected chi connectivity index (χ1v) is 18.6. The van der Waals surface area contributed by atoms with Crippen molar-refractivity contribution in [3.05, 3.63) is 181 Å². The monoisotopic (exact) mass is 691 g/mol. The fourth-order valence-corrected chi connectivity index (χ4v) is 9.67. The molecule has 0 saturated heterocycles. The molecule has 0 aliphatic heterocycles. The van der Waals surface area contributed by atoms with Gasteiger partial charge < -0.3 is 9.13 Å². The van der Waals surface area contributed by atoms with Crippen molar-refractivity contribution in [3.8, 4) is 39.7 Å². The molecule has 53 heavy (non-hydrogen) atoms. The first kappa shape index (κ1) is 29.8. The lowest BCUT2D eigenvalue weighted by atomic mass is 9.94. The zero-order valence-corrected chi connectivity index (χ0v) is 29.3. The maximum absolute atomic E-state index is 10.5. The molecule has 0 atom stereocenters. The third-order valence-electron chi connectivity index (χ3n) is 10.7. The highest BCUT2D eigenvalue weighted by molar-refractivity contribution is 7.26. The molecule has 0 unspecified atom stereocenters. The van der Waals surface area contributed by atoms with Gasteiger partial charge in [0.1, 0.15) is 0 Å². The van der Waals surface area contributed by atoms with Crippen LogP contribution in [0.4, 0.5) is 0 Å². The van der Waals surface area contributed by atoms with E-state index in [2.05, 4.69) is 179 Å². The minimum absolute atomic E-state index is 0.643. The Bertz CT molecular complexity index is 3250. The fourth-order valence-electron chi connectivity index (χ4n) is 8.41. The first-order valence-electron chi connectivity index (χ1n) is 17.8. The van der Waals surface area contributed by atoms with Crippen molar-refractivity contribution >= 4 is 75.1 Å². The van der Waals surface area contributed by atoms with Gasteiger partial charge in [0.15, 0.2) is 0 Å². The second-order valence-corrected chi connectivity index (χ2v) is 14.7. The average molecular weight is 692 g/mol. The summed E-state index contributed by atoms with van der Waals surface area (Å²) in [6, 6.07) is 65.3. The van der Waals surface area contributed by atoms with Gasteiger partial charge in [-0.2, -0.15) is 5.26 Å². The van der Waals surface area contributed by atoms with Crippen LogP contribution in [0.2, 0.25) is 0 Å². The summed E-state index contributed by atoms with van der Waals surface area (Å²) >= 11 is 1.87. The molecule has 0 fully saturated rings. The topological polar surface area (TPSA) is 33.6 Å². The number of nitriles is 1. The van der Waals surface area contributed by atoms with Gasteiger partial charge in [0.05, 0.1) is 33.7 Å². The van der Waals surface area contributed by atoms with Crippen LogP contribution in [0.15, 0.2) is 176 Å². The highest BCUT2D eigenvalue weighted by Gasteiger charge is 2.20. The van der Waals surface area contributed by atoms with Crippen molar-refractivity contribution in [2.24, 2.45) is 0 Å². The zero-order chi connectivity index (χ0) is 35.0. The Morgan fingerprint density at radius 3 is 1.70 bits per heavy atom. The van der Waals surface area contributed by atoms with Gasteiger partial charge in [-0.1, -0.05) is 115 Å². The van der Waals surface area contributed by atoms with E-state index in [1.807, 2.05) is 23.5 Å². The SMILES string of the molecule is N#Cc1ccc(-c2ccccc2)cc1-c1cc(-n2c3ccccc3c3ccccc32)cc(-n2c3ccccc3c3c4sc5ccccc5c4ccc32)c1. The highest BCUT2D eigenvalue weighted by atomic mass is 32.1. The molecule has 4 heteroatoms. The predicted molar refractivity (Wildman–Crippen MR) is 224 cm³/mol. The Kier molecular flexibility index (Phi) is 6.48. The predicted octanol–water partition coefficient (Wildman–Crippen LogP) is 13.5. The van der Waals surface area contributed by atoms with Crippen LogP contribution >= 0.6 is 11.3 Å². The molecular formula is C49H29N3S. The summed E-state index contributed by atoms with van der Waals surface area (Å²) in [5.74, 6) is 0. The number of thiophene rings is 1. The van der Waals surface area contributed by atoms with E-state index in [0.717, 1.165) is 55.7 Å². The number of benzene rings is 8. The Morgan fingerprint density at radius 2 is 1.00 bits per heavy atom. The van der Waals surface area contributed by atoms with Crippen LogP contribution in [-0.4, -0.2) is 9.13 Å². The summed E-state index contributed by atoms with van der Waals surface area (Å²) in [7, 11) is 0. The van der Waals surface area contributed by atoms with Gasteiger partial charge in [0.2, 0.25) is 0 Å². The van der Waals surface area contributed by atoms with E-state index < -0.39 is 0 Å². The molecule has 0 aliphatic carbocycles. The van der Waals surface area contributed by atoms with Crippen LogP contribution in [0.25, 0.3) is 97.4 Å². The Hall–Kier alpha value is -6.93. The van der Waals surface area contributed by atoms with E-state index in [1.165, 1.54) is 41.7 Å². The van der Waals surface area contributed by atoms with Gasteiger partial charge >= 0.3 is 0 Å². The molecule has 11 aromatic rings. The van der Waals surface area contributed by atoms with Crippen molar-refractivity contribution in [1.82, 2.24) is 9.13 Å². The maximum Gasteiger partial charge on any atom is 0.0998 e. The summed E-state index contributed by atoms with van der Waals surface area (Å²) in [6.07, 6.45) is 0. The normalized spacial score (nSPS) is 11.8. The van der Waals surface area contributed by atoms with E-state index >= 15 is 0 Å². The number of rotatable bonds is 4. The lowest BCUT2D eigenvalue weighted by Gasteiger charge is -2.17. The minimum atomic E-state index is 0.643. The largest absolute Gasteiger partial charge is 0.309 e. The van der Waals surface area contributed by atoms with Gasteiger partial charge in [-0.3, -0.25) is 0 Å². The minimum Gasteiger partial charge on any atom is -0.309 e. The summed E-state index contributed by atoms with van der Waals surface area (Å²) in [5, 5.41) is 18.0. The van der Waals surface area contributed by atoms with Crippen molar-refractivity contribution < 1.29 is 0 Å².